The monoisotopic (exact) mass is 295 g/mol. The molecule has 4 nitrogen and oxygen atoms in total. The summed E-state index contributed by atoms with van der Waals surface area (Å²) in [6, 6.07) is 1.75. The predicted molar refractivity (Wildman–Crippen MR) is 82.1 cm³/mol. The van der Waals surface area contributed by atoms with Crippen molar-refractivity contribution in [3.8, 4) is 0 Å². The second-order valence-corrected chi connectivity index (χ2v) is 5.59. The zero-order valence-corrected chi connectivity index (χ0v) is 12.9. The molecule has 0 aliphatic heterocycles. The van der Waals surface area contributed by atoms with Crippen molar-refractivity contribution in [1.29, 1.82) is 0 Å². The Hall–Kier alpha value is -1.62. The molecular weight excluding hydrogens is 274 g/mol. The van der Waals surface area contributed by atoms with Crippen LogP contribution in [-0.4, -0.2) is 22.5 Å². The van der Waals surface area contributed by atoms with Crippen molar-refractivity contribution < 1.29 is 14.7 Å². The number of rotatable bonds is 7. The van der Waals surface area contributed by atoms with Crippen molar-refractivity contribution >= 4 is 29.3 Å². The minimum absolute atomic E-state index is 0.129. The Kier molecular flexibility index (Phi) is 5.95. The van der Waals surface area contributed by atoms with Gasteiger partial charge in [0, 0.05) is 11.6 Å². The second kappa shape index (κ2) is 7.24. The smallest absolute Gasteiger partial charge is 0.328 e. The van der Waals surface area contributed by atoms with Crippen LogP contribution < -0.4 is 5.32 Å². The number of amides is 1. The van der Waals surface area contributed by atoms with Gasteiger partial charge in [-0.15, -0.1) is 11.3 Å². The van der Waals surface area contributed by atoms with Crippen LogP contribution >= 0.6 is 11.3 Å². The summed E-state index contributed by atoms with van der Waals surface area (Å²) in [5.74, 6) is -1.15. The third-order valence-electron chi connectivity index (χ3n) is 3.72. The lowest BCUT2D eigenvalue weighted by Crippen LogP contribution is -2.47. The molecule has 2 N–H and O–H groups in total. The molecule has 0 atom stereocenters. The third kappa shape index (κ3) is 3.93. The lowest BCUT2D eigenvalue weighted by molar-refractivity contribution is -0.131. The molecule has 0 aromatic carbocycles. The van der Waals surface area contributed by atoms with E-state index in [-0.39, 0.29) is 11.4 Å². The van der Waals surface area contributed by atoms with E-state index in [2.05, 4.69) is 26.1 Å². The van der Waals surface area contributed by atoms with Crippen molar-refractivity contribution in [2.45, 2.75) is 45.6 Å². The van der Waals surface area contributed by atoms with Crippen LogP contribution in [0.25, 0.3) is 6.08 Å². The SMILES string of the molecule is CCC(CC)(CC)NC(=O)c1sccc1C=CC(=O)O. The quantitative estimate of drug-likeness (QED) is 0.756. The highest BCUT2D eigenvalue weighted by atomic mass is 32.1. The summed E-state index contributed by atoms with van der Waals surface area (Å²) in [6.07, 6.45) is 5.12. The molecule has 0 aliphatic rings. The highest BCUT2D eigenvalue weighted by molar-refractivity contribution is 7.12. The molecule has 0 unspecified atom stereocenters. The van der Waals surface area contributed by atoms with Crippen LogP contribution in [0.4, 0.5) is 0 Å². The van der Waals surface area contributed by atoms with E-state index in [4.69, 9.17) is 5.11 Å². The van der Waals surface area contributed by atoms with Crippen molar-refractivity contribution in [2.24, 2.45) is 0 Å². The fourth-order valence-corrected chi connectivity index (χ4v) is 2.89. The zero-order chi connectivity index (χ0) is 15.2. The van der Waals surface area contributed by atoms with Crippen molar-refractivity contribution in [2.75, 3.05) is 0 Å². The van der Waals surface area contributed by atoms with E-state index in [1.54, 1.807) is 11.4 Å². The standard InChI is InChI=1S/C15H21NO3S/c1-4-15(5-2,6-3)16-14(19)13-11(9-10-20-13)7-8-12(17)18/h7-10H,4-6H2,1-3H3,(H,16,19)(H,17,18). The maximum absolute atomic E-state index is 12.4. The maximum atomic E-state index is 12.4. The summed E-state index contributed by atoms with van der Waals surface area (Å²) in [5, 5.41) is 13.6. The fraction of sp³-hybridized carbons (Fsp3) is 0.467. The number of hydrogen-bond acceptors (Lipinski definition) is 3. The number of carboxylic acid groups (broad SMARTS) is 1. The highest BCUT2D eigenvalue weighted by Crippen LogP contribution is 2.23. The maximum Gasteiger partial charge on any atom is 0.328 e. The van der Waals surface area contributed by atoms with Crippen molar-refractivity contribution in [3.63, 3.8) is 0 Å². The number of nitrogens with one attached hydrogen (secondary N) is 1. The summed E-state index contributed by atoms with van der Waals surface area (Å²) in [7, 11) is 0. The molecule has 1 amide bonds. The average Bonchev–Trinajstić information content (AvgIpc) is 2.91. The minimum atomic E-state index is -1.02. The lowest BCUT2D eigenvalue weighted by atomic mass is 9.89. The molecule has 20 heavy (non-hydrogen) atoms. The Labute approximate surface area is 123 Å². The molecule has 1 aromatic rings. The van der Waals surface area contributed by atoms with Gasteiger partial charge >= 0.3 is 5.97 Å². The van der Waals surface area contributed by atoms with Crippen LogP contribution in [0.5, 0.6) is 0 Å². The Morgan fingerprint density at radius 2 is 1.90 bits per heavy atom. The molecule has 0 bridgehead atoms. The van der Waals surface area contributed by atoms with Crippen LogP contribution in [0.3, 0.4) is 0 Å². The Balaban J connectivity index is 2.93. The van der Waals surface area contributed by atoms with Gasteiger partial charge in [-0.25, -0.2) is 4.79 Å². The van der Waals surface area contributed by atoms with E-state index in [0.717, 1.165) is 25.3 Å². The summed E-state index contributed by atoms with van der Waals surface area (Å²) in [4.78, 5) is 23.5. The van der Waals surface area contributed by atoms with Crippen LogP contribution in [0, 0.1) is 0 Å². The zero-order valence-electron chi connectivity index (χ0n) is 12.1. The van der Waals surface area contributed by atoms with Gasteiger partial charge in [-0.3, -0.25) is 4.79 Å². The van der Waals surface area contributed by atoms with Gasteiger partial charge in [0.25, 0.3) is 5.91 Å². The molecule has 0 spiro atoms. The van der Waals surface area contributed by atoms with E-state index in [1.165, 1.54) is 17.4 Å². The van der Waals surface area contributed by atoms with Crippen molar-refractivity contribution in [1.82, 2.24) is 5.32 Å². The number of hydrogen-bond donors (Lipinski definition) is 2. The number of carbonyl (C=O) groups is 2. The Morgan fingerprint density at radius 1 is 1.30 bits per heavy atom. The van der Waals surface area contributed by atoms with Gasteiger partial charge in [-0.1, -0.05) is 20.8 Å². The lowest BCUT2D eigenvalue weighted by Gasteiger charge is -2.31. The van der Waals surface area contributed by atoms with Crippen molar-refractivity contribution in [3.05, 3.63) is 28.0 Å². The molecule has 0 saturated carbocycles. The van der Waals surface area contributed by atoms with E-state index in [0.29, 0.717) is 10.4 Å². The van der Waals surface area contributed by atoms with Crippen LogP contribution in [0.2, 0.25) is 0 Å². The normalized spacial score (nSPS) is 11.8. The van der Waals surface area contributed by atoms with Gasteiger partial charge in [0.15, 0.2) is 0 Å². The van der Waals surface area contributed by atoms with Gasteiger partial charge in [0.1, 0.15) is 0 Å². The van der Waals surface area contributed by atoms with E-state index in [9.17, 15) is 9.59 Å². The average molecular weight is 295 g/mol. The molecule has 1 heterocycles. The number of carbonyl (C=O) groups excluding carboxylic acids is 1. The predicted octanol–water partition coefficient (Wildman–Crippen LogP) is 3.54. The van der Waals surface area contributed by atoms with Gasteiger partial charge < -0.3 is 10.4 Å². The molecule has 1 rings (SSSR count). The number of thiophene rings is 1. The van der Waals surface area contributed by atoms with E-state index < -0.39 is 5.97 Å². The number of aliphatic carboxylic acids is 1. The van der Waals surface area contributed by atoms with E-state index in [1.807, 2.05) is 0 Å². The topological polar surface area (TPSA) is 66.4 Å². The summed E-state index contributed by atoms with van der Waals surface area (Å²) >= 11 is 1.33. The molecule has 0 fully saturated rings. The molecule has 0 radical (unpaired) electrons. The first-order chi connectivity index (χ1) is 9.48. The second-order valence-electron chi connectivity index (χ2n) is 4.67. The summed E-state index contributed by atoms with van der Waals surface area (Å²) < 4.78 is 0. The Bertz CT molecular complexity index is 493. The van der Waals surface area contributed by atoms with Crippen LogP contribution in [0.15, 0.2) is 17.5 Å². The third-order valence-corrected chi connectivity index (χ3v) is 4.65. The van der Waals surface area contributed by atoms with E-state index >= 15 is 0 Å². The van der Waals surface area contributed by atoms with Crippen LogP contribution in [0.1, 0.15) is 55.3 Å². The van der Waals surface area contributed by atoms with Crippen LogP contribution in [-0.2, 0) is 4.79 Å². The van der Waals surface area contributed by atoms with Gasteiger partial charge in [0.05, 0.1) is 4.88 Å². The molecule has 110 valence electrons. The molecular formula is C15H21NO3S. The summed E-state index contributed by atoms with van der Waals surface area (Å²) in [5.41, 5.74) is 0.460. The molecule has 5 heteroatoms. The minimum Gasteiger partial charge on any atom is -0.478 e. The molecule has 1 aromatic heterocycles. The number of carboxylic acids is 1. The summed E-state index contributed by atoms with van der Waals surface area (Å²) in [6.45, 7) is 6.19. The first-order valence-electron chi connectivity index (χ1n) is 6.79. The highest BCUT2D eigenvalue weighted by Gasteiger charge is 2.27. The fourth-order valence-electron chi connectivity index (χ4n) is 2.11. The van der Waals surface area contributed by atoms with Gasteiger partial charge in [-0.05, 0) is 42.3 Å². The van der Waals surface area contributed by atoms with Gasteiger partial charge in [-0.2, -0.15) is 0 Å². The first kappa shape index (κ1) is 16.4. The first-order valence-corrected chi connectivity index (χ1v) is 7.67. The largest absolute Gasteiger partial charge is 0.478 e. The molecule has 0 saturated heterocycles. The molecule has 0 aliphatic carbocycles. The Morgan fingerprint density at radius 3 is 2.40 bits per heavy atom. The van der Waals surface area contributed by atoms with Gasteiger partial charge in [0.2, 0.25) is 0 Å².